The fourth-order valence-electron chi connectivity index (χ4n) is 2.10. The first-order valence-corrected chi connectivity index (χ1v) is 5.58. The second-order valence-electron chi connectivity index (χ2n) is 4.40. The van der Waals surface area contributed by atoms with Gasteiger partial charge in [0.2, 0.25) is 0 Å². The van der Waals surface area contributed by atoms with E-state index in [0.29, 0.717) is 5.39 Å². The largest absolute Gasteiger partial charge is 0.325 e. The van der Waals surface area contributed by atoms with E-state index in [9.17, 15) is 13.6 Å². The minimum Gasteiger partial charge on any atom is -0.325 e. The molecule has 0 atom stereocenters. The van der Waals surface area contributed by atoms with Crippen LogP contribution in [-0.4, -0.2) is 34.8 Å². The van der Waals surface area contributed by atoms with Gasteiger partial charge in [-0.05, 0) is 11.5 Å². The lowest BCUT2D eigenvalue weighted by Crippen LogP contribution is -2.58. The van der Waals surface area contributed by atoms with E-state index in [2.05, 4.69) is 4.98 Å². The van der Waals surface area contributed by atoms with E-state index in [1.807, 2.05) is 12.1 Å². The summed E-state index contributed by atoms with van der Waals surface area (Å²) in [5.41, 5.74) is 0.239. The third-order valence-electron chi connectivity index (χ3n) is 3.01. The molecule has 92 valence electrons. The molecular formula is C13H10F2N2O. The second-order valence-corrected chi connectivity index (χ2v) is 4.40. The summed E-state index contributed by atoms with van der Waals surface area (Å²) in [5, 5.41) is 1.57. The van der Waals surface area contributed by atoms with Crippen molar-refractivity contribution in [2.45, 2.75) is 5.92 Å². The van der Waals surface area contributed by atoms with Crippen LogP contribution in [0.15, 0.2) is 36.5 Å². The molecule has 1 aliphatic heterocycles. The van der Waals surface area contributed by atoms with E-state index in [1.165, 1.54) is 6.20 Å². The van der Waals surface area contributed by atoms with Gasteiger partial charge in [0.15, 0.2) is 0 Å². The maximum Gasteiger partial charge on any atom is 0.282 e. The number of hydrogen-bond donors (Lipinski definition) is 0. The van der Waals surface area contributed by atoms with Gasteiger partial charge in [0.25, 0.3) is 11.8 Å². The average Bonchev–Trinajstić information content (AvgIpc) is 2.34. The summed E-state index contributed by atoms with van der Waals surface area (Å²) < 4.78 is 25.5. The predicted molar refractivity (Wildman–Crippen MR) is 62.6 cm³/mol. The molecule has 0 N–H and O–H groups in total. The maximum atomic E-state index is 12.8. The Hall–Kier alpha value is -2.04. The van der Waals surface area contributed by atoms with Crippen LogP contribution in [0.1, 0.15) is 10.5 Å². The number of nitrogens with zero attached hydrogens (tertiary/aromatic N) is 2. The molecule has 1 saturated heterocycles. The summed E-state index contributed by atoms with van der Waals surface area (Å²) >= 11 is 0. The molecule has 2 aromatic rings. The summed E-state index contributed by atoms with van der Waals surface area (Å²) in [6, 6.07) is 9.07. The molecule has 3 rings (SSSR count). The molecule has 5 heteroatoms. The molecule has 0 unspecified atom stereocenters. The zero-order chi connectivity index (χ0) is 12.8. The van der Waals surface area contributed by atoms with Gasteiger partial charge in [0.1, 0.15) is 5.69 Å². The lowest BCUT2D eigenvalue weighted by atomic mass is 10.1. The number of carbonyl (C=O) groups is 1. The Morgan fingerprint density at radius 2 is 1.94 bits per heavy atom. The summed E-state index contributed by atoms with van der Waals surface area (Å²) in [4.78, 5) is 17.2. The Morgan fingerprint density at radius 1 is 1.22 bits per heavy atom. The fraction of sp³-hybridized carbons (Fsp3) is 0.231. The van der Waals surface area contributed by atoms with Crippen molar-refractivity contribution in [1.29, 1.82) is 0 Å². The van der Waals surface area contributed by atoms with Crippen LogP contribution >= 0.6 is 0 Å². The van der Waals surface area contributed by atoms with E-state index in [4.69, 9.17) is 0 Å². The van der Waals surface area contributed by atoms with Crippen LogP contribution in [0.5, 0.6) is 0 Å². The smallest absolute Gasteiger partial charge is 0.282 e. The van der Waals surface area contributed by atoms with E-state index in [-0.39, 0.29) is 5.69 Å². The SMILES string of the molecule is O=C(c1nccc2ccccc12)N1CC(F)(F)C1. The molecule has 1 amide bonds. The Bertz CT molecular complexity index is 614. The van der Waals surface area contributed by atoms with Gasteiger partial charge in [0, 0.05) is 11.6 Å². The molecule has 1 aromatic heterocycles. The minimum atomic E-state index is -2.75. The van der Waals surface area contributed by atoms with E-state index in [0.717, 1.165) is 10.3 Å². The van der Waals surface area contributed by atoms with Crippen molar-refractivity contribution in [2.24, 2.45) is 0 Å². The number of pyridine rings is 1. The molecule has 0 spiro atoms. The number of alkyl halides is 2. The van der Waals surface area contributed by atoms with Crippen LogP contribution < -0.4 is 0 Å². The summed E-state index contributed by atoms with van der Waals surface area (Å²) in [5.74, 6) is -3.18. The summed E-state index contributed by atoms with van der Waals surface area (Å²) in [6.07, 6.45) is 1.52. The highest BCUT2D eigenvalue weighted by molar-refractivity contribution is 6.05. The van der Waals surface area contributed by atoms with Gasteiger partial charge >= 0.3 is 0 Å². The third-order valence-corrected chi connectivity index (χ3v) is 3.01. The molecule has 1 aliphatic rings. The van der Waals surface area contributed by atoms with Crippen LogP contribution in [0.2, 0.25) is 0 Å². The molecule has 2 heterocycles. The van der Waals surface area contributed by atoms with Gasteiger partial charge in [0.05, 0.1) is 13.1 Å². The number of likely N-dealkylation sites (tertiary alicyclic amines) is 1. The van der Waals surface area contributed by atoms with Crippen molar-refractivity contribution >= 4 is 16.7 Å². The number of carbonyl (C=O) groups excluding carboxylic acids is 1. The number of halogens is 2. The molecular weight excluding hydrogens is 238 g/mol. The topological polar surface area (TPSA) is 33.2 Å². The highest BCUT2D eigenvalue weighted by Gasteiger charge is 2.46. The van der Waals surface area contributed by atoms with Crippen LogP contribution in [0.3, 0.4) is 0 Å². The number of amides is 1. The van der Waals surface area contributed by atoms with Crippen molar-refractivity contribution in [3.05, 3.63) is 42.2 Å². The standard InChI is InChI=1S/C13H10F2N2O/c14-13(15)7-17(8-13)12(18)11-10-4-2-1-3-9(10)5-6-16-11/h1-6H,7-8H2. The Labute approximate surface area is 102 Å². The highest BCUT2D eigenvalue weighted by atomic mass is 19.3. The van der Waals surface area contributed by atoms with Crippen LogP contribution in [0, 0.1) is 0 Å². The molecule has 0 aliphatic carbocycles. The van der Waals surface area contributed by atoms with Crippen LogP contribution in [0.25, 0.3) is 10.8 Å². The fourth-order valence-corrected chi connectivity index (χ4v) is 2.10. The zero-order valence-electron chi connectivity index (χ0n) is 9.44. The van der Waals surface area contributed by atoms with Gasteiger partial charge in [-0.2, -0.15) is 0 Å². The molecule has 1 aromatic carbocycles. The van der Waals surface area contributed by atoms with Crippen molar-refractivity contribution in [2.75, 3.05) is 13.1 Å². The molecule has 3 nitrogen and oxygen atoms in total. The second kappa shape index (κ2) is 3.73. The lowest BCUT2D eigenvalue weighted by molar-refractivity contribution is -0.113. The summed E-state index contributed by atoms with van der Waals surface area (Å²) in [6.45, 7) is -1.03. The van der Waals surface area contributed by atoms with Gasteiger partial charge in [-0.1, -0.05) is 24.3 Å². The van der Waals surface area contributed by atoms with Gasteiger partial charge < -0.3 is 4.90 Å². The van der Waals surface area contributed by atoms with Crippen molar-refractivity contribution < 1.29 is 13.6 Å². The van der Waals surface area contributed by atoms with Crippen molar-refractivity contribution in [3.63, 3.8) is 0 Å². The van der Waals surface area contributed by atoms with E-state index >= 15 is 0 Å². The van der Waals surface area contributed by atoms with Gasteiger partial charge in [-0.25, -0.2) is 8.78 Å². The quantitative estimate of drug-likeness (QED) is 0.776. The number of fused-ring (bicyclic) bond motifs is 1. The number of rotatable bonds is 1. The first-order chi connectivity index (χ1) is 8.57. The monoisotopic (exact) mass is 248 g/mol. The lowest BCUT2D eigenvalue weighted by Gasteiger charge is -2.38. The normalized spacial score (nSPS) is 17.6. The minimum absolute atomic E-state index is 0.239. The third kappa shape index (κ3) is 1.72. The van der Waals surface area contributed by atoms with Gasteiger partial charge in [-0.3, -0.25) is 9.78 Å². The molecule has 0 radical (unpaired) electrons. The Balaban J connectivity index is 1.98. The van der Waals surface area contributed by atoms with Crippen molar-refractivity contribution in [1.82, 2.24) is 9.88 Å². The Morgan fingerprint density at radius 3 is 2.67 bits per heavy atom. The first-order valence-electron chi connectivity index (χ1n) is 5.58. The first kappa shape index (κ1) is 11.1. The molecule has 1 fully saturated rings. The zero-order valence-corrected chi connectivity index (χ0v) is 9.44. The highest BCUT2D eigenvalue weighted by Crippen LogP contribution is 2.29. The van der Waals surface area contributed by atoms with E-state index in [1.54, 1.807) is 18.2 Å². The van der Waals surface area contributed by atoms with E-state index < -0.39 is 24.9 Å². The predicted octanol–water partition coefficient (Wildman–Crippen LogP) is 2.33. The van der Waals surface area contributed by atoms with Gasteiger partial charge in [-0.15, -0.1) is 0 Å². The number of hydrogen-bond acceptors (Lipinski definition) is 2. The Kier molecular flexibility index (Phi) is 2.29. The summed E-state index contributed by atoms with van der Waals surface area (Å²) in [7, 11) is 0. The molecule has 18 heavy (non-hydrogen) atoms. The number of benzene rings is 1. The van der Waals surface area contributed by atoms with Crippen LogP contribution in [0.4, 0.5) is 8.78 Å². The maximum absolute atomic E-state index is 12.8. The molecule has 0 saturated carbocycles. The average molecular weight is 248 g/mol. The van der Waals surface area contributed by atoms with Crippen LogP contribution in [-0.2, 0) is 0 Å². The number of aromatic nitrogens is 1. The molecule has 0 bridgehead atoms. The van der Waals surface area contributed by atoms with Crippen molar-refractivity contribution in [3.8, 4) is 0 Å².